The number of nitrogens with zero attached hydrogens (tertiary/aromatic N) is 5. The van der Waals surface area contributed by atoms with Crippen molar-refractivity contribution in [3.63, 3.8) is 0 Å². The van der Waals surface area contributed by atoms with Gasteiger partial charge in [-0.05, 0) is 30.7 Å². The van der Waals surface area contributed by atoms with Crippen LogP contribution in [0.25, 0.3) is 27.0 Å². The highest BCUT2D eigenvalue weighted by Crippen LogP contribution is 2.31. The monoisotopic (exact) mass is 406 g/mol. The Labute approximate surface area is 169 Å². The molecule has 4 aromatic rings. The van der Waals surface area contributed by atoms with Crippen molar-refractivity contribution in [1.82, 2.24) is 19.9 Å². The number of aromatic nitrogens is 4. The van der Waals surface area contributed by atoms with Crippen molar-refractivity contribution in [3.05, 3.63) is 77.8 Å². The van der Waals surface area contributed by atoms with Crippen molar-refractivity contribution < 1.29 is 13.2 Å². The molecule has 0 saturated carbocycles. The summed E-state index contributed by atoms with van der Waals surface area (Å²) in [5.41, 5.74) is 3.19. The van der Waals surface area contributed by atoms with Crippen molar-refractivity contribution in [2.75, 3.05) is 5.32 Å². The summed E-state index contributed by atoms with van der Waals surface area (Å²) in [6.45, 7) is 8.97. The second kappa shape index (κ2) is 7.40. The van der Waals surface area contributed by atoms with Gasteiger partial charge < -0.3 is 5.32 Å². The molecule has 0 unspecified atom stereocenters. The minimum absolute atomic E-state index is 0.187. The lowest BCUT2D eigenvalue weighted by atomic mass is 10.0. The van der Waals surface area contributed by atoms with E-state index in [4.69, 9.17) is 6.57 Å². The van der Waals surface area contributed by atoms with Crippen LogP contribution >= 0.6 is 0 Å². The third kappa shape index (κ3) is 3.75. The molecule has 1 N–H and O–H groups in total. The molecule has 0 saturated heterocycles. The molecule has 148 valence electrons. The average molecular weight is 406 g/mol. The Morgan fingerprint density at radius 3 is 2.47 bits per heavy atom. The number of pyridine rings is 2. The van der Waals surface area contributed by atoms with Gasteiger partial charge in [-0.2, -0.15) is 13.2 Å². The van der Waals surface area contributed by atoms with Crippen LogP contribution in [0.2, 0.25) is 0 Å². The zero-order valence-corrected chi connectivity index (χ0v) is 15.6. The van der Waals surface area contributed by atoms with Gasteiger partial charge in [-0.15, -0.1) is 0 Å². The van der Waals surface area contributed by atoms with E-state index in [1.807, 2.05) is 25.1 Å². The molecule has 0 fully saturated rings. The quantitative estimate of drug-likeness (QED) is 0.442. The number of hydrogen-bond acceptors (Lipinski definition) is 5. The first-order chi connectivity index (χ1) is 14.3. The fourth-order valence-corrected chi connectivity index (χ4v) is 3.00. The smallest absolute Gasteiger partial charge is 0.338 e. The number of benzene rings is 1. The summed E-state index contributed by atoms with van der Waals surface area (Å²) in [6.07, 6.45) is 0.299. The summed E-state index contributed by atoms with van der Waals surface area (Å²) in [7, 11) is 0. The fraction of sp³-hybridized carbons (Fsp3) is 0.0952. The Morgan fingerprint density at radius 1 is 0.967 bits per heavy atom. The van der Waals surface area contributed by atoms with Gasteiger partial charge in [0, 0.05) is 23.3 Å². The summed E-state index contributed by atoms with van der Waals surface area (Å²) < 4.78 is 38.0. The third-order valence-corrected chi connectivity index (χ3v) is 4.41. The lowest BCUT2D eigenvalue weighted by Gasteiger charge is -2.11. The first kappa shape index (κ1) is 19.3. The maximum Gasteiger partial charge on any atom is 0.434 e. The molecular formula is C21H13F3N6. The van der Waals surface area contributed by atoms with E-state index >= 15 is 0 Å². The fourth-order valence-electron chi connectivity index (χ4n) is 3.00. The van der Waals surface area contributed by atoms with Crippen molar-refractivity contribution >= 4 is 28.1 Å². The highest BCUT2D eigenvalue weighted by molar-refractivity contribution is 5.94. The summed E-state index contributed by atoms with van der Waals surface area (Å²) in [4.78, 5) is 19.3. The van der Waals surface area contributed by atoms with Gasteiger partial charge in [0.15, 0.2) is 5.69 Å². The summed E-state index contributed by atoms with van der Waals surface area (Å²) in [6, 6.07) is 9.07. The van der Waals surface area contributed by atoms with E-state index in [0.29, 0.717) is 23.1 Å². The number of nitrogens with one attached hydrogen (secondary N) is 1. The van der Waals surface area contributed by atoms with E-state index in [-0.39, 0.29) is 5.82 Å². The molecule has 4 rings (SSSR count). The van der Waals surface area contributed by atoms with Crippen LogP contribution in [0.4, 0.5) is 30.4 Å². The first-order valence-corrected chi connectivity index (χ1v) is 8.74. The standard InChI is InChI=1S/C21H13F3N6/c1-12-7-14(25-2)9-29-20(12)13-3-4-15-16(5-6-26-17(15)8-13)30-19-11-27-18(10-28-19)21(22,23)24/h3-11H,1H3,(H,26,28,30). The minimum Gasteiger partial charge on any atom is -0.338 e. The van der Waals surface area contributed by atoms with E-state index in [1.165, 1.54) is 6.20 Å². The molecule has 30 heavy (non-hydrogen) atoms. The first-order valence-electron chi connectivity index (χ1n) is 8.74. The predicted octanol–water partition coefficient (Wildman–Crippen LogP) is 5.71. The highest BCUT2D eigenvalue weighted by atomic mass is 19.4. The normalized spacial score (nSPS) is 11.3. The molecule has 9 heteroatoms. The van der Waals surface area contributed by atoms with Crippen molar-refractivity contribution in [2.24, 2.45) is 0 Å². The van der Waals surface area contributed by atoms with Crippen LogP contribution in [0.3, 0.4) is 0 Å². The topological polar surface area (TPSA) is 68.0 Å². The van der Waals surface area contributed by atoms with Gasteiger partial charge in [0.1, 0.15) is 5.82 Å². The van der Waals surface area contributed by atoms with Gasteiger partial charge in [-0.25, -0.2) is 14.8 Å². The lowest BCUT2D eigenvalue weighted by Crippen LogP contribution is -2.09. The Kier molecular flexibility index (Phi) is 4.75. The molecular weight excluding hydrogens is 393 g/mol. The molecule has 0 aliphatic carbocycles. The van der Waals surface area contributed by atoms with Crippen molar-refractivity contribution in [3.8, 4) is 11.3 Å². The van der Waals surface area contributed by atoms with E-state index in [9.17, 15) is 13.2 Å². The average Bonchev–Trinajstić information content (AvgIpc) is 2.73. The van der Waals surface area contributed by atoms with Crippen molar-refractivity contribution in [1.29, 1.82) is 0 Å². The van der Waals surface area contributed by atoms with Gasteiger partial charge in [0.25, 0.3) is 0 Å². The number of halogens is 3. The molecule has 3 heterocycles. The molecule has 0 radical (unpaired) electrons. The number of fused-ring (bicyclic) bond motifs is 1. The van der Waals surface area contributed by atoms with Gasteiger partial charge in [-0.1, -0.05) is 12.1 Å². The van der Waals surface area contributed by atoms with Crippen LogP contribution in [0.5, 0.6) is 0 Å². The van der Waals surface area contributed by atoms with E-state index in [0.717, 1.165) is 28.4 Å². The molecule has 0 amide bonds. The largest absolute Gasteiger partial charge is 0.434 e. The van der Waals surface area contributed by atoms with Gasteiger partial charge in [0.05, 0.1) is 35.9 Å². The lowest BCUT2D eigenvalue weighted by molar-refractivity contribution is -0.141. The molecule has 0 bridgehead atoms. The highest BCUT2D eigenvalue weighted by Gasteiger charge is 2.32. The minimum atomic E-state index is -4.54. The van der Waals surface area contributed by atoms with Crippen LogP contribution in [-0.2, 0) is 6.18 Å². The maximum atomic E-state index is 12.7. The van der Waals surface area contributed by atoms with E-state index in [2.05, 4.69) is 30.1 Å². The maximum absolute atomic E-state index is 12.7. The van der Waals surface area contributed by atoms with Gasteiger partial charge in [-0.3, -0.25) is 9.97 Å². The van der Waals surface area contributed by atoms with Crippen LogP contribution in [0.15, 0.2) is 55.1 Å². The van der Waals surface area contributed by atoms with E-state index in [1.54, 1.807) is 18.3 Å². The van der Waals surface area contributed by atoms with Crippen LogP contribution < -0.4 is 5.32 Å². The van der Waals surface area contributed by atoms with E-state index < -0.39 is 11.9 Å². The number of rotatable bonds is 3. The molecule has 0 atom stereocenters. The second-order valence-corrected chi connectivity index (χ2v) is 6.47. The van der Waals surface area contributed by atoms with Crippen molar-refractivity contribution in [2.45, 2.75) is 13.1 Å². The third-order valence-electron chi connectivity index (χ3n) is 4.41. The molecule has 0 spiro atoms. The molecule has 0 aliphatic rings. The summed E-state index contributed by atoms with van der Waals surface area (Å²) in [5.74, 6) is 0.187. The second-order valence-electron chi connectivity index (χ2n) is 6.47. The number of alkyl halides is 3. The van der Waals surface area contributed by atoms with Crippen LogP contribution in [0.1, 0.15) is 11.3 Å². The van der Waals surface area contributed by atoms with Gasteiger partial charge in [0.2, 0.25) is 5.69 Å². The molecule has 0 aliphatic heterocycles. The predicted molar refractivity (Wildman–Crippen MR) is 106 cm³/mol. The van der Waals surface area contributed by atoms with Gasteiger partial charge >= 0.3 is 6.18 Å². The summed E-state index contributed by atoms with van der Waals surface area (Å²) >= 11 is 0. The molecule has 3 aromatic heterocycles. The van der Waals surface area contributed by atoms with Crippen LogP contribution in [-0.4, -0.2) is 19.9 Å². The number of hydrogen-bond donors (Lipinski definition) is 1. The Hall–Kier alpha value is -4.06. The zero-order valence-electron chi connectivity index (χ0n) is 15.6. The molecule has 1 aromatic carbocycles. The SMILES string of the molecule is [C-]#[N+]c1cnc(-c2ccc3c(Nc4cnc(C(F)(F)F)cn4)ccnc3c2)c(C)c1. The Balaban J connectivity index is 1.67. The Morgan fingerprint density at radius 2 is 1.80 bits per heavy atom. The van der Waals surface area contributed by atoms with Crippen LogP contribution in [0, 0.1) is 13.5 Å². The molecule has 6 nitrogen and oxygen atoms in total. The Bertz CT molecular complexity index is 1280. The summed E-state index contributed by atoms with van der Waals surface area (Å²) in [5, 5.41) is 3.74. The number of anilines is 2. The number of aryl methyl sites for hydroxylation is 1. The zero-order chi connectivity index (χ0) is 21.3.